The van der Waals surface area contributed by atoms with E-state index < -0.39 is 12.1 Å². The van der Waals surface area contributed by atoms with Gasteiger partial charge in [-0.15, -0.1) is 0 Å². The zero-order valence-electron chi connectivity index (χ0n) is 20.2. The first kappa shape index (κ1) is 25.9. The smallest absolute Gasteiger partial charge is 0.490 e. The van der Waals surface area contributed by atoms with Crippen LogP contribution in [-0.2, 0) is 11.8 Å². The molecule has 0 saturated carbocycles. The van der Waals surface area contributed by atoms with Gasteiger partial charge in [-0.1, -0.05) is 12.1 Å². The highest BCUT2D eigenvalue weighted by Crippen LogP contribution is 2.42. The third kappa shape index (κ3) is 5.35. The average Bonchev–Trinajstić information content (AvgIpc) is 3.48. The van der Waals surface area contributed by atoms with Crippen molar-refractivity contribution in [3.8, 4) is 28.1 Å². The number of nitrogens with one attached hydrogen (secondary N) is 1. The van der Waals surface area contributed by atoms with Crippen LogP contribution in [0.15, 0.2) is 43.0 Å². The minimum Gasteiger partial charge on any atom is -0.497 e. The number of fused-ring (bicyclic) bond motifs is 1. The van der Waals surface area contributed by atoms with Gasteiger partial charge < -0.3 is 25.5 Å². The molecule has 0 amide bonds. The number of aliphatic carboxylic acids is 1. The number of nitrogens with zero attached hydrogens (tertiary/aromatic N) is 5. The Hall–Kier alpha value is -4.13. The molecule has 0 unspecified atom stereocenters. The summed E-state index contributed by atoms with van der Waals surface area (Å²) in [5, 5.41) is 16.1. The van der Waals surface area contributed by atoms with Crippen LogP contribution in [0.1, 0.15) is 18.9 Å². The molecule has 37 heavy (non-hydrogen) atoms. The van der Waals surface area contributed by atoms with E-state index in [2.05, 4.69) is 30.7 Å². The molecule has 4 heterocycles. The quantitative estimate of drug-likeness (QED) is 0.374. The van der Waals surface area contributed by atoms with Gasteiger partial charge in [0.15, 0.2) is 0 Å². The number of alkyl halides is 3. The number of halogens is 3. The fraction of sp³-hybridized carbons (Fsp3) is 0.333. The van der Waals surface area contributed by atoms with Crippen LogP contribution in [0.25, 0.3) is 33.4 Å². The van der Waals surface area contributed by atoms with E-state index in [1.165, 1.54) is 6.33 Å². The molecule has 0 radical (unpaired) electrons. The third-order valence-corrected chi connectivity index (χ3v) is 6.18. The van der Waals surface area contributed by atoms with Gasteiger partial charge in [-0.05, 0) is 43.6 Å². The van der Waals surface area contributed by atoms with Crippen molar-refractivity contribution in [2.45, 2.75) is 25.1 Å². The molecule has 0 bridgehead atoms. The summed E-state index contributed by atoms with van der Waals surface area (Å²) < 4.78 is 41.2. The normalized spacial score (nSPS) is 14.3. The van der Waals surface area contributed by atoms with Gasteiger partial charge in [0.2, 0.25) is 0 Å². The van der Waals surface area contributed by atoms with E-state index in [9.17, 15) is 13.2 Å². The van der Waals surface area contributed by atoms with E-state index >= 15 is 0 Å². The summed E-state index contributed by atoms with van der Waals surface area (Å²) in [5.41, 5.74) is 11.2. The summed E-state index contributed by atoms with van der Waals surface area (Å²) >= 11 is 0. The maximum Gasteiger partial charge on any atom is 0.490 e. The highest BCUT2D eigenvalue weighted by Gasteiger charge is 2.38. The van der Waals surface area contributed by atoms with Gasteiger partial charge in [0, 0.05) is 24.4 Å². The average molecular weight is 518 g/mol. The number of methoxy groups -OCH3 is 1. The lowest BCUT2D eigenvalue weighted by atomic mass is 10.00. The number of anilines is 1. The second kappa shape index (κ2) is 10.5. The second-order valence-electron chi connectivity index (χ2n) is 8.46. The van der Waals surface area contributed by atoms with E-state index in [-0.39, 0.29) is 0 Å². The minimum absolute atomic E-state index is 0.420. The number of hydrogen-bond acceptors (Lipinski definition) is 7. The Morgan fingerprint density at radius 1 is 1.16 bits per heavy atom. The summed E-state index contributed by atoms with van der Waals surface area (Å²) in [6, 6.07) is 8.41. The maximum absolute atomic E-state index is 10.6. The molecular weight excluding hydrogens is 491 g/mol. The van der Waals surface area contributed by atoms with Crippen molar-refractivity contribution < 1.29 is 27.8 Å². The van der Waals surface area contributed by atoms with Crippen molar-refractivity contribution in [3.05, 3.63) is 43.0 Å². The summed E-state index contributed by atoms with van der Waals surface area (Å²) in [6.07, 6.45) is 2.67. The number of carboxylic acids is 1. The first-order valence-corrected chi connectivity index (χ1v) is 11.4. The Balaban J connectivity index is 0.000000405. The predicted molar refractivity (Wildman–Crippen MR) is 131 cm³/mol. The fourth-order valence-electron chi connectivity index (χ4n) is 4.38. The van der Waals surface area contributed by atoms with Gasteiger partial charge >= 0.3 is 12.1 Å². The van der Waals surface area contributed by atoms with E-state index in [1.807, 2.05) is 37.5 Å². The molecule has 1 aliphatic rings. The van der Waals surface area contributed by atoms with Gasteiger partial charge in [0.1, 0.15) is 23.5 Å². The predicted octanol–water partition coefficient (Wildman–Crippen LogP) is 3.65. The molecule has 1 aliphatic heterocycles. The van der Waals surface area contributed by atoms with Crippen molar-refractivity contribution in [2.75, 3.05) is 25.9 Å². The highest BCUT2D eigenvalue weighted by atomic mass is 19.4. The zero-order valence-corrected chi connectivity index (χ0v) is 20.2. The lowest BCUT2D eigenvalue weighted by molar-refractivity contribution is -0.192. The molecule has 3 aromatic heterocycles. The molecule has 196 valence electrons. The molecule has 4 N–H and O–H groups in total. The zero-order chi connectivity index (χ0) is 26.7. The number of aromatic nitrogens is 5. The van der Waals surface area contributed by atoms with Gasteiger partial charge in [-0.25, -0.2) is 14.8 Å². The molecule has 0 atom stereocenters. The number of piperidine rings is 1. The lowest BCUT2D eigenvalue weighted by Gasteiger charge is -2.22. The number of aryl methyl sites for hydroxylation is 1. The van der Waals surface area contributed by atoms with Crippen LogP contribution in [0, 0.1) is 0 Å². The van der Waals surface area contributed by atoms with Crippen LogP contribution in [0.2, 0.25) is 0 Å². The van der Waals surface area contributed by atoms with Crippen LogP contribution in [-0.4, -0.2) is 61.8 Å². The largest absolute Gasteiger partial charge is 0.497 e. The molecule has 1 fully saturated rings. The van der Waals surface area contributed by atoms with Crippen LogP contribution in [0.3, 0.4) is 0 Å². The Kier molecular flexibility index (Phi) is 7.34. The highest BCUT2D eigenvalue weighted by molar-refractivity contribution is 6.07. The topological polar surface area (TPSA) is 133 Å². The lowest BCUT2D eigenvalue weighted by Crippen LogP contribution is -2.29. The van der Waals surface area contributed by atoms with Crippen molar-refractivity contribution in [3.63, 3.8) is 0 Å². The SMILES string of the molecule is COc1ccc(-c2c(-c3cnn(C4CCNCC4)c3)n(C)c3ncnc(N)c23)cc1.O=C(O)C(F)(F)F. The van der Waals surface area contributed by atoms with Crippen molar-refractivity contribution in [1.29, 1.82) is 0 Å². The molecule has 0 aliphatic carbocycles. The molecule has 5 rings (SSSR count). The molecule has 4 aromatic rings. The minimum atomic E-state index is -5.08. The van der Waals surface area contributed by atoms with Crippen LogP contribution >= 0.6 is 0 Å². The number of nitrogen functional groups attached to an aromatic ring is 1. The van der Waals surface area contributed by atoms with Gasteiger partial charge in [0.05, 0.1) is 30.4 Å². The first-order chi connectivity index (χ1) is 17.6. The fourth-order valence-corrected chi connectivity index (χ4v) is 4.38. The first-order valence-electron chi connectivity index (χ1n) is 11.4. The number of carbonyl (C=O) groups is 1. The molecule has 1 aromatic carbocycles. The Labute approximate surface area is 209 Å². The van der Waals surface area contributed by atoms with Gasteiger partial charge in [-0.3, -0.25) is 4.68 Å². The number of ether oxygens (including phenoxy) is 1. The van der Waals surface area contributed by atoms with Crippen LogP contribution in [0.4, 0.5) is 19.0 Å². The van der Waals surface area contributed by atoms with Crippen LogP contribution < -0.4 is 15.8 Å². The number of rotatable bonds is 4. The number of benzene rings is 1. The number of nitrogens with two attached hydrogens (primary N) is 1. The second-order valence-corrected chi connectivity index (χ2v) is 8.46. The summed E-state index contributed by atoms with van der Waals surface area (Å²) in [7, 11) is 3.68. The third-order valence-electron chi connectivity index (χ3n) is 6.18. The summed E-state index contributed by atoms with van der Waals surface area (Å²) in [6.45, 7) is 2.05. The Morgan fingerprint density at radius 2 is 1.81 bits per heavy atom. The Bertz CT molecular complexity index is 1390. The molecule has 10 nitrogen and oxygen atoms in total. The summed E-state index contributed by atoms with van der Waals surface area (Å²) in [5.74, 6) is -1.48. The molecular formula is C24H26F3N7O3. The maximum atomic E-state index is 10.6. The van der Waals surface area contributed by atoms with E-state index in [1.54, 1.807) is 7.11 Å². The molecule has 1 saturated heterocycles. The summed E-state index contributed by atoms with van der Waals surface area (Å²) in [4.78, 5) is 17.7. The van der Waals surface area contributed by atoms with Gasteiger partial charge in [0.25, 0.3) is 0 Å². The van der Waals surface area contributed by atoms with E-state index in [0.29, 0.717) is 11.9 Å². The van der Waals surface area contributed by atoms with Crippen molar-refractivity contribution in [2.24, 2.45) is 7.05 Å². The number of hydrogen-bond donors (Lipinski definition) is 3. The Morgan fingerprint density at radius 3 is 2.41 bits per heavy atom. The standard InChI is InChI=1S/C22H25N7O.C2HF3O2/c1-28-20(15-11-27-29(12-15)16-7-9-24-10-8-16)18(14-3-5-17(30-2)6-4-14)19-21(23)25-13-26-22(19)28;3-2(4,5)1(6)7/h3-6,11-13,16,24H,7-10H2,1-2H3,(H2,23,25,26);(H,6,7). The van der Waals surface area contributed by atoms with Gasteiger partial charge in [-0.2, -0.15) is 18.3 Å². The molecule has 0 spiro atoms. The van der Waals surface area contributed by atoms with E-state index in [0.717, 1.165) is 65.1 Å². The van der Waals surface area contributed by atoms with Crippen molar-refractivity contribution >= 4 is 22.8 Å². The van der Waals surface area contributed by atoms with Crippen molar-refractivity contribution in [1.82, 2.24) is 29.6 Å². The van der Waals surface area contributed by atoms with Crippen LogP contribution in [0.5, 0.6) is 5.75 Å². The van der Waals surface area contributed by atoms with E-state index in [4.69, 9.17) is 25.5 Å². The monoisotopic (exact) mass is 517 g/mol. The number of carboxylic acid groups (broad SMARTS) is 1. The molecule has 13 heteroatoms.